The molecule has 0 bridgehead atoms. The van der Waals surface area contributed by atoms with Crippen molar-refractivity contribution < 1.29 is 14.3 Å². The van der Waals surface area contributed by atoms with Crippen LogP contribution in [0, 0.1) is 13.8 Å². The summed E-state index contributed by atoms with van der Waals surface area (Å²) in [6, 6.07) is 1.33. The summed E-state index contributed by atoms with van der Waals surface area (Å²) in [6.07, 6.45) is 0.224. The molecule has 2 rings (SSSR count). The Bertz CT molecular complexity index is 804. The number of esters is 1. The highest BCUT2D eigenvalue weighted by atomic mass is 35.5. The van der Waals surface area contributed by atoms with E-state index in [-0.39, 0.29) is 15.7 Å². The molecule has 0 saturated carbocycles. The minimum absolute atomic E-state index is 0.0848. The van der Waals surface area contributed by atoms with Crippen molar-refractivity contribution in [1.29, 1.82) is 0 Å². The summed E-state index contributed by atoms with van der Waals surface area (Å²) >= 11 is 11.5. The quantitative estimate of drug-likeness (QED) is 0.660. The smallest absolute Gasteiger partial charge is 0.340 e. The zero-order valence-electron chi connectivity index (χ0n) is 13.6. The Morgan fingerprint density at radius 2 is 2.00 bits per heavy atom. The van der Waals surface area contributed by atoms with Crippen molar-refractivity contribution in [1.82, 2.24) is 14.8 Å². The van der Waals surface area contributed by atoms with Crippen LogP contribution in [0.3, 0.4) is 0 Å². The van der Waals surface area contributed by atoms with Gasteiger partial charge in [-0.1, -0.05) is 23.2 Å². The Balaban J connectivity index is 2.05. The Morgan fingerprint density at radius 3 is 2.54 bits per heavy atom. The number of hydrogen-bond acceptors (Lipinski definition) is 5. The predicted octanol–water partition coefficient (Wildman–Crippen LogP) is 2.92. The second-order valence-corrected chi connectivity index (χ2v) is 5.97. The first kappa shape index (κ1) is 18.2. The maximum absolute atomic E-state index is 12.2. The maximum atomic E-state index is 12.2. The number of ether oxygens (including phenoxy) is 1. The summed E-state index contributed by atoms with van der Waals surface area (Å²) in [4.78, 5) is 28.0. The van der Waals surface area contributed by atoms with Gasteiger partial charge in [0, 0.05) is 13.2 Å². The summed E-state index contributed by atoms with van der Waals surface area (Å²) in [5.74, 6) is -1.18. The third-order valence-electron chi connectivity index (χ3n) is 3.44. The van der Waals surface area contributed by atoms with E-state index in [1.54, 1.807) is 18.7 Å². The van der Waals surface area contributed by atoms with Gasteiger partial charge in [-0.05, 0) is 26.8 Å². The second-order valence-electron chi connectivity index (χ2n) is 5.20. The van der Waals surface area contributed by atoms with Crippen molar-refractivity contribution in [2.75, 3.05) is 5.32 Å². The number of halogens is 2. The van der Waals surface area contributed by atoms with Crippen LogP contribution in [-0.2, 0) is 16.6 Å². The molecule has 0 saturated heterocycles. The normalized spacial score (nSPS) is 11.9. The molecule has 1 N–H and O–H groups in total. The van der Waals surface area contributed by atoms with Gasteiger partial charge in [0.05, 0.1) is 27.7 Å². The van der Waals surface area contributed by atoms with Crippen LogP contribution in [0.15, 0.2) is 12.3 Å². The number of anilines is 1. The van der Waals surface area contributed by atoms with E-state index in [2.05, 4.69) is 15.4 Å². The molecule has 7 nitrogen and oxygen atoms in total. The lowest BCUT2D eigenvalue weighted by Gasteiger charge is -2.14. The number of hydrogen-bond donors (Lipinski definition) is 1. The summed E-state index contributed by atoms with van der Waals surface area (Å²) in [6.45, 7) is 5.08. The van der Waals surface area contributed by atoms with Gasteiger partial charge in [-0.2, -0.15) is 5.10 Å². The molecule has 1 amide bonds. The van der Waals surface area contributed by atoms with Crippen LogP contribution < -0.4 is 5.32 Å². The average molecular weight is 371 g/mol. The van der Waals surface area contributed by atoms with Crippen molar-refractivity contribution in [3.63, 3.8) is 0 Å². The number of carbonyl (C=O) groups is 2. The largest absolute Gasteiger partial charge is 0.449 e. The predicted molar refractivity (Wildman–Crippen MR) is 90.4 cm³/mol. The van der Waals surface area contributed by atoms with E-state index in [0.717, 1.165) is 5.69 Å². The number of nitrogens with one attached hydrogen (secondary N) is 1. The minimum Gasteiger partial charge on any atom is -0.449 e. The number of carbonyl (C=O) groups excluding carboxylic acids is 2. The van der Waals surface area contributed by atoms with Gasteiger partial charge in [-0.3, -0.25) is 9.48 Å². The van der Waals surface area contributed by atoms with Gasteiger partial charge < -0.3 is 10.1 Å². The van der Waals surface area contributed by atoms with Crippen LogP contribution in [0.4, 0.5) is 5.69 Å². The lowest BCUT2D eigenvalue weighted by molar-refractivity contribution is -0.123. The van der Waals surface area contributed by atoms with Gasteiger partial charge in [-0.15, -0.1) is 0 Å². The first-order valence-corrected chi connectivity index (χ1v) is 7.79. The van der Waals surface area contributed by atoms with E-state index in [0.29, 0.717) is 11.4 Å². The SMILES string of the molecule is Cc1nn(C)c(C)c1NC(=O)[C@@H](C)OC(=O)c1cnc(Cl)c(Cl)c1. The van der Waals surface area contributed by atoms with Crippen molar-refractivity contribution in [2.45, 2.75) is 26.9 Å². The highest BCUT2D eigenvalue weighted by molar-refractivity contribution is 6.41. The third-order valence-corrected chi connectivity index (χ3v) is 4.13. The summed E-state index contributed by atoms with van der Waals surface area (Å²) in [7, 11) is 1.78. The fraction of sp³-hybridized carbons (Fsp3) is 0.333. The molecule has 0 aromatic carbocycles. The van der Waals surface area contributed by atoms with Gasteiger partial charge in [0.15, 0.2) is 6.10 Å². The van der Waals surface area contributed by atoms with Crippen LogP contribution in [0.25, 0.3) is 0 Å². The molecule has 0 spiro atoms. The van der Waals surface area contributed by atoms with Crippen LogP contribution in [0.1, 0.15) is 28.7 Å². The van der Waals surface area contributed by atoms with E-state index in [4.69, 9.17) is 27.9 Å². The van der Waals surface area contributed by atoms with Gasteiger partial charge in [-0.25, -0.2) is 9.78 Å². The molecular formula is C15H16Cl2N4O3. The van der Waals surface area contributed by atoms with E-state index >= 15 is 0 Å². The van der Waals surface area contributed by atoms with Crippen LogP contribution in [-0.4, -0.2) is 32.7 Å². The van der Waals surface area contributed by atoms with Gasteiger partial charge in [0.1, 0.15) is 5.15 Å². The van der Waals surface area contributed by atoms with Gasteiger partial charge in [0.2, 0.25) is 0 Å². The molecule has 0 aliphatic heterocycles. The summed E-state index contributed by atoms with van der Waals surface area (Å²) < 4.78 is 6.79. The van der Waals surface area contributed by atoms with E-state index in [1.807, 2.05) is 6.92 Å². The molecule has 0 aliphatic carbocycles. The molecule has 9 heteroatoms. The number of rotatable bonds is 4. The number of nitrogens with zero attached hydrogens (tertiary/aromatic N) is 3. The fourth-order valence-electron chi connectivity index (χ4n) is 1.99. The Morgan fingerprint density at radius 1 is 1.33 bits per heavy atom. The van der Waals surface area contributed by atoms with E-state index < -0.39 is 18.0 Å². The zero-order chi connectivity index (χ0) is 18.0. The van der Waals surface area contributed by atoms with Crippen LogP contribution >= 0.6 is 23.2 Å². The topological polar surface area (TPSA) is 86.1 Å². The van der Waals surface area contributed by atoms with Crippen molar-refractivity contribution in [2.24, 2.45) is 7.05 Å². The Hall–Kier alpha value is -2.12. The Kier molecular flexibility index (Phi) is 5.46. The standard InChI is InChI=1S/C15H16Cl2N4O3/c1-7-12(8(2)21(4)20-7)19-14(22)9(3)24-15(23)10-5-11(16)13(17)18-6-10/h5-6,9H,1-4H3,(H,19,22)/t9-/m1/s1. The van der Waals surface area contributed by atoms with Crippen molar-refractivity contribution in [3.05, 3.63) is 39.4 Å². The van der Waals surface area contributed by atoms with Gasteiger partial charge >= 0.3 is 5.97 Å². The Labute approximate surface area is 148 Å². The first-order valence-electron chi connectivity index (χ1n) is 7.03. The molecule has 128 valence electrons. The number of amides is 1. The molecule has 1 atom stereocenters. The molecular weight excluding hydrogens is 355 g/mol. The molecule has 0 fully saturated rings. The molecule has 0 radical (unpaired) electrons. The molecule has 2 heterocycles. The number of aromatic nitrogens is 3. The highest BCUT2D eigenvalue weighted by Crippen LogP contribution is 2.21. The first-order chi connectivity index (χ1) is 11.2. The van der Waals surface area contributed by atoms with E-state index in [9.17, 15) is 9.59 Å². The lowest BCUT2D eigenvalue weighted by Crippen LogP contribution is -2.30. The second kappa shape index (κ2) is 7.19. The maximum Gasteiger partial charge on any atom is 0.340 e. The monoisotopic (exact) mass is 370 g/mol. The average Bonchev–Trinajstić information content (AvgIpc) is 2.76. The van der Waals surface area contributed by atoms with Crippen molar-refractivity contribution in [3.8, 4) is 0 Å². The summed E-state index contributed by atoms with van der Waals surface area (Å²) in [5.41, 5.74) is 2.18. The third kappa shape index (κ3) is 3.85. The van der Waals surface area contributed by atoms with Crippen LogP contribution in [0.5, 0.6) is 0 Å². The molecule has 2 aromatic heterocycles. The molecule has 2 aromatic rings. The number of pyridine rings is 1. The lowest BCUT2D eigenvalue weighted by atomic mass is 10.2. The van der Waals surface area contributed by atoms with Crippen LogP contribution in [0.2, 0.25) is 10.2 Å². The highest BCUT2D eigenvalue weighted by Gasteiger charge is 2.22. The fourth-order valence-corrected chi connectivity index (χ4v) is 2.26. The van der Waals surface area contributed by atoms with Crippen molar-refractivity contribution >= 4 is 40.8 Å². The zero-order valence-corrected chi connectivity index (χ0v) is 15.1. The number of aryl methyl sites for hydroxylation is 2. The molecule has 24 heavy (non-hydrogen) atoms. The molecule has 0 aliphatic rings. The summed E-state index contributed by atoms with van der Waals surface area (Å²) in [5, 5.41) is 7.14. The minimum atomic E-state index is -1.01. The molecule has 0 unspecified atom stereocenters. The van der Waals surface area contributed by atoms with E-state index in [1.165, 1.54) is 19.2 Å². The van der Waals surface area contributed by atoms with Gasteiger partial charge in [0.25, 0.3) is 5.91 Å².